The van der Waals surface area contributed by atoms with E-state index < -0.39 is 0 Å². The fraction of sp³-hybridized carbons (Fsp3) is 0.700. The molecular weight excluding hydrogens is 164 g/mol. The molecular formula is C10H16N2O. The van der Waals surface area contributed by atoms with Gasteiger partial charge in [-0.1, -0.05) is 6.58 Å². The highest BCUT2D eigenvalue weighted by atomic mass is 16.2. The lowest BCUT2D eigenvalue weighted by atomic mass is 10.1. The molecule has 0 aliphatic carbocycles. The molecule has 72 valence electrons. The third kappa shape index (κ3) is 1.43. The van der Waals surface area contributed by atoms with E-state index in [0.717, 1.165) is 38.2 Å². The number of hydrogen-bond acceptors (Lipinski definition) is 2. The number of carbonyl (C=O) groups is 1. The first-order chi connectivity index (χ1) is 6.18. The summed E-state index contributed by atoms with van der Waals surface area (Å²) in [7, 11) is 0. The van der Waals surface area contributed by atoms with Gasteiger partial charge in [0.25, 0.3) is 0 Å². The SMILES string of the molecule is C=C(C)N1CCN2C(=O)CC[C@@H]2C1. The minimum absolute atomic E-state index is 0.339. The van der Waals surface area contributed by atoms with E-state index in [4.69, 9.17) is 0 Å². The maximum atomic E-state index is 11.4. The van der Waals surface area contributed by atoms with Crippen LogP contribution in [0.5, 0.6) is 0 Å². The van der Waals surface area contributed by atoms with Gasteiger partial charge in [-0.3, -0.25) is 4.79 Å². The summed E-state index contributed by atoms with van der Waals surface area (Å²) in [5.74, 6) is 0.339. The number of piperazine rings is 1. The van der Waals surface area contributed by atoms with E-state index >= 15 is 0 Å². The predicted octanol–water partition coefficient (Wildman–Crippen LogP) is 0.827. The van der Waals surface area contributed by atoms with Crippen molar-refractivity contribution in [2.75, 3.05) is 19.6 Å². The zero-order valence-electron chi connectivity index (χ0n) is 8.12. The van der Waals surface area contributed by atoms with Gasteiger partial charge in [0.2, 0.25) is 5.91 Å². The summed E-state index contributed by atoms with van der Waals surface area (Å²) >= 11 is 0. The van der Waals surface area contributed by atoms with Crippen molar-refractivity contribution in [2.45, 2.75) is 25.8 Å². The molecule has 0 radical (unpaired) electrons. The van der Waals surface area contributed by atoms with Crippen molar-refractivity contribution in [1.82, 2.24) is 9.80 Å². The van der Waals surface area contributed by atoms with Crippen LogP contribution in [0.2, 0.25) is 0 Å². The molecule has 1 amide bonds. The summed E-state index contributed by atoms with van der Waals surface area (Å²) in [4.78, 5) is 15.7. The molecule has 0 saturated carbocycles. The van der Waals surface area contributed by atoms with Gasteiger partial charge in [0.1, 0.15) is 0 Å². The summed E-state index contributed by atoms with van der Waals surface area (Å²) in [6.45, 7) is 8.80. The largest absolute Gasteiger partial charge is 0.372 e. The van der Waals surface area contributed by atoms with Gasteiger partial charge in [-0.2, -0.15) is 0 Å². The lowest BCUT2D eigenvalue weighted by Crippen LogP contribution is -2.50. The van der Waals surface area contributed by atoms with Gasteiger partial charge in [0.05, 0.1) is 0 Å². The Morgan fingerprint density at radius 1 is 1.54 bits per heavy atom. The average Bonchev–Trinajstić information content (AvgIpc) is 2.47. The Hall–Kier alpha value is -0.990. The topological polar surface area (TPSA) is 23.6 Å². The van der Waals surface area contributed by atoms with Gasteiger partial charge in [0.15, 0.2) is 0 Å². The summed E-state index contributed by atoms with van der Waals surface area (Å²) in [6, 6.07) is 0.456. The molecule has 2 aliphatic heterocycles. The van der Waals surface area contributed by atoms with Gasteiger partial charge in [-0.05, 0) is 13.3 Å². The molecule has 2 fully saturated rings. The van der Waals surface area contributed by atoms with Gasteiger partial charge >= 0.3 is 0 Å². The molecule has 13 heavy (non-hydrogen) atoms. The molecule has 0 aromatic heterocycles. The second-order valence-electron chi connectivity index (χ2n) is 3.96. The second-order valence-corrected chi connectivity index (χ2v) is 3.96. The number of allylic oxidation sites excluding steroid dienone is 1. The number of hydrogen-bond donors (Lipinski definition) is 0. The molecule has 0 spiro atoms. The van der Waals surface area contributed by atoms with Crippen LogP contribution in [0.25, 0.3) is 0 Å². The van der Waals surface area contributed by atoms with E-state index in [1.54, 1.807) is 0 Å². The lowest BCUT2D eigenvalue weighted by molar-refractivity contribution is -0.130. The van der Waals surface area contributed by atoms with Crippen LogP contribution in [0.15, 0.2) is 12.3 Å². The molecule has 2 aliphatic rings. The van der Waals surface area contributed by atoms with Crippen LogP contribution in [0, 0.1) is 0 Å². The molecule has 3 nitrogen and oxygen atoms in total. The van der Waals surface area contributed by atoms with Crippen LogP contribution in [0.1, 0.15) is 19.8 Å². The van der Waals surface area contributed by atoms with Crippen molar-refractivity contribution in [2.24, 2.45) is 0 Å². The minimum Gasteiger partial charge on any atom is -0.372 e. The highest BCUT2D eigenvalue weighted by molar-refractivity contribution is 5.78. The standard InChI is InChI=1S/C10H16N2O/c1-8(2)11-5-6-12-9(7-11)3-4-10(12)13/h9H,1,3-7H2,2H3/t9-/m1/s1. The molecule has 0 N–H and O–H groups in total. The smallest absolute Gasteiger partial charge is 0.223 e. The van der Waals surface area contributed by atoms with Crippen molar-refractivity contribution in [3.05, 3.63) is 12.3 Å². The summed E-state index contributed by atoms with van der Waals surface area (Å²) in [6.07, 6.45) is 1.78. The molecule has 3 heteroatoms. The first kappa shape index (κ1) is 8.60. The van der Waals surface area contributed by atoms with E-state index in [0.29, 0.717) is 11.9 Å². The van der Waals surface area contributed by atoms with Crippen molar-refractivity contribution in [3.63, 3.8) is 0 Å². The molecule has 2 saturated heterocycles. The van der Waals surface area contributed by atoms with Crippen LogP contribution < -0.4 is 0 Å². The van der Waals surface area contributed by atoms with Crippen molar-refractivity contribution >= 4 is 5.91 Å². The maximum absolute atomic E-state index is 11.4. The molecule has 0 aromatic rings. The Balaban J connectivity index is 2.03. The Morgan fingerprint density at radius 3 is 3.00 bits per heavy atom. The molecule has 0 aromatic carbocycles. The fourth-order valence-corrected chi connectivity index (χ4v) is 2.21. The van der Waals surface area contributed by atoms with Crippen LogP contribution in [0.4, 0.5) is 0 Å². The van der Waals surface area contributed by atoms with Crippen LogP contribution in [0.3, 0.4) is 0 Å². The highest BCUT2D eigenvalue weighted by Crippen LogP contribution is 2.23. The fourth-order valence-electron chi connectivity index (χ4n) is 2.21. The van der Waals surface area contributed by atoms with E-state index in [1.165, 1.54) is 0 Å². The number of rotatable bonds is 1. The van der Waals surface area contributed by atoms with E-state index in [2.05, 4.69) is 11.5 Å². The van der Waals surface area contributed by atoms with Gasteiger partial charge in [-0.15, -0.1) is 0 Å². The van der Waals surface area contributed by atoms with Crippen molar-refractivity contribution < 1.29 is 4.79 Å². The van der Waals surface area contributed by atoms with Gasteiger partial charge in [-0.25, -0.2) is 0 Å². The lowest BCUT2D eigenvalue weighted by Gasteiger charge is -2.38. The molecule has 1 atom stereocenters. The van der Waals surface area contributed by atoms with Crippen LogP contribution in [-0.2, 0) is 4.79 Å². The molecule has 0 bridgehead atoms. The molecule has 2 heterocycles. The summed E-state index contributed by atoms with van der Waals surface area (Å²) in [5.41, 5.74) is 1.12. The summed E-state index contributed by atoms with van der Waals surface area (Å²) < 4.78 is 0. The molecule has 2 rings (SSSR count). The Labute approximate surface area is 79.0 Å². The minimum atomic E-state index is 0.339. The van der Waals surface area contributed by atoms with E-state index in [-0.39, 0.29) is 0 Å². The monoisotopic (exact) mass is 180 g/mol. The first-order valence-corrected chi connectivity index (χ1v) is 4.88. The normalized spacial score (nSPS) is 27.8. The van der Waals surface area contributed by atoms with E-state index in [1.807, 2.05) is 11.8 Å². The predicted molar refractivity (Wildman–Crippen MR) is 51.1 cm³/mol. The maximum Gasteiger partial charge on any atom is 0.223 e. The average molecular weight is 180 g/mol. The number of amides is 1. The van der Waals surface area contributed by atoms with Gasteiger partial charge < -0.3 is 9.80 Å². The number of carbonyl (C=O) groups excluding carboxylic acids is 1. The highest BCUT2D eigenvalue weighted by Gasteiger charge is 2.35. The molecule has 0 unspecified atom stereocenters. The second kappa shape index (κ2) is 3.05. The Bertz CT molecular complexity index is 249. The van der Waals surface area contributed by atoms with Crippen LogP contribution in [-0.4, -0.2) is 41.4 Å². The zero-order valence-corrected chi connectivity index (χ0v) is 8.12. The Kier molecular flexibility index (Phi) is 2.02. The van der Waals surface area contributed by atoms with Gasteiger partial charge in [0, 0.05) is 37.8 Å². The third-order valence-electron chi connectivity index (χ3n) is 3.03. The zero-order chi connectivity index (χ0) is 9.42. The van der Waals surface area contributed by atoms with Crippen molar-refractivity contribution in [1.29, 1.82) is 0 Å². The quantitative estimate of drug-likeness (QED) is 0.596. The van der Waals surface area contributed by atoms with Crippen molar-refractivity contribution in [3.8, 4) is 0 Å². The van der Waals surface area contributed by atoms with Crippen LogP contribution >= 0.6 is 0 Å². The Morgan fingerprint density at radius 2 is 2.31 bits per heavy atom. The third-order valence-corrected chi connectivity index (χ3v) is 3.03. The van der Waals surface area contributed by atoms with E-state index in [9.17, 15) is 4.79 Å². The first-order valence-electron chi connectivity index (χ1n) is 4.88. The summed E-state index contributed by atoms with van der Waals surface area (Å²) in [5, 5.41) is 0. The number of nitrogens with zero attached hydrogens (tertiary/aromatic N) is 2. The number of fused-ring (bicyclic) bond motifs is 1.